The van der Waals surface area contributed by atoms with Gasteiger partial charge >= 0.3 is 0 Å². The molecule has 0 spiro atoms. The van der Waals surface area contributed by atoms with Crippen molar-refractivity contribution < 1.29 is 9.53 Å². The van der Waals surface area contributed by atoms with Crippen LogP contribution in [0.25, 0.3) is 0 Å². The predicted molar refractivity (Wildman–Crippen MR) is 66.5 cm³/mol. The monoisotopic (exact) mass is 240 g/mol. The summed E-state index contributed by atoms with van der Waals surface area (Å²) in [5.41, 5.74) is 6.00. The fourth-order valence-electron chi connectivity index (χ4n) is 3.04. The molecule has 0 aromatic rings. The minimum Gasteiger partial charge on any atom is -0.377 e. The molecule has 1 aliphatic carbocycles. The number of rotatable bonds is 3. The molecule has 98 valence electrons. The van der Waals surface area contributed by atoms with Crippen LogP contribution in [0.4, 0.5) is 0 Å². The van der Waals surface area contributed by atoms with Crippen molar-refractivity contribution in [2.24, 2.45) is 11.7 Å². The Morgan fingerprint density at radius 3 is 2.82 bits per heavy atom. The third-order valence-electron chi connectivity index (χ3n) is 3.98. The summed E-state index contributed by atoms with van der Waals surface area (Å²) >= 11 is 0. The number of carbonyl (C=O) groups is 1. The number of hydrogen-bond acceptors (Lipinski definition) is 3. The maximum atomic E-state index is 12.4. The summed E-state index contributed by atoms with van der Waals surface area (Å²) in [4.78, 5) is 14.3. The van der Waals surface area contributed by atoms with Crippen molar-refractivity contribution in [2.75, 3.05) is 19.7 Å². The van der Waals surface area contributed by atoms with Crippen LogP contribution in [0, 0.1) is 5.92 Å². The zero-order valence-corrected chi connectivity index (χ0v) is 10.7. The number of nitrogens with two attached hydrogens (primary N) is 1. The molecular weight excluding hydrogens is 216 g/mol. The van der Waals surface area contributed by atoms with E-state index < -0.39 is 0 Å². The van der Waals surface area contributed by atoms with Crippen molar-refractivity contribution in [1.82, 2.24) is 4.90 Å². The molecule has 4 heteroatoms. The molecule has 2 fully saturated rings. The van der Waals surface area contributed by atoms with E-state index in [1.54, 1.807) is 0 Å². The summed E-state index contributed by atoms with van der Waals surface area (Å²) in [6.07, 6.45) is 5.43. The lowest BCUT2D eigenvalue weighted by Gasteiger charge is -2.34. The number of nitrogens with zero attached hydrogens (tertiary/aromatic N) is 1. The molecule has 1 heterocycles. The van der Waals surface area contributed by atoms with Gasteiger partial charge in [-0.25, -0.2) is 0 Å². The van der Waals surface area contributed by atoms with Gasteiger partial charge < -0.3 is 15.4 Å². The molecule has 1 amide bonds. The van der Waals surface area contributed by atoms with Crippen molar-refractivity contribution in [3.8, 4) is 0 Å². The molecule has 0 aromatic heterocycles. The highest BCUT2D eigenvalue weighted by atomic mass is 16.5. The van der Waals surface area contributed by atoms with Crippen LogP contribution in [0.5, 0.6) is 0 Å². The van der Waals surface area contributed by atoms with Crippen LogP contribution in [-0.4, -0.2) is 42.6 Å². The lowest BCUT2D eigenvalue weighted by molar-refractivity contribution is -0.139. The summed E-state index contributed by atoms with van der Waals surface area (Å²) in [6, 6.07) is 0.0787. The van der Waals surface area contributed by atoms with Crippen LogP contribution in [0.15, 0.2) is 0 Å². The van der Waals surface area contributed by atoms with Gasteiger partial charge in [0.25, 0.3) is 0 Å². The van der Waals surface area contributed by atoms with Crippen LogP contribution >= 0.6 is 0 Å². The summed E-state index contributed by atoms with van der Waals surface area (Å²) in [7, 11) is 0. The van der Waals surface area contributed by atoms with Crippen molar-refractivity contribution >= 4 is 5.91 Å². The summed E-state index contributed by atoms with van der Waals surface area (Å²) in [5, 5.41) is 0. The summed E-state index contributed by atoms with van der Waals surface area (Å²) in [6.45, 7) is 4.38. The van der Waals surface area contributed by atoms with Crippen LogP contribution in [0.1, 0.15) is 39.0 Å². The molecule has 1 saturated carbocycles. The van der Waals surface area contributed by atoms with E-state index in [-0.39, 0.29) is 24.0 Å². The van der Waals surface area contributed by atoms with Gasteiger partial charge in [0.1, 0.15) is 0 Å². The van der Waals surface area contributed by atoms with Crippen LogP contribution < -0.4 is 5.73 Å². The van der Waals surface area contributed by atoms with Crippen LogP contribution in [0.2, 0.25) is 0 Å². The Kier molecular flexibility index (Phi) is 4.40. The molecule has 0 bridgehead atoms. The SMILES string of the molecule is CCO[C@@H]1CCCN(C(=O)[C@@H]2CCC[C@@H]2N)C1. The molecule has 0 unspecified atom stereocenters. The highest BCUT2D eigenvalue weighted by molar-refractivity contribution is 5.80. The normalized spacial score (nSPS) is 34.0. The first kappa shape index (κ1) is 12.8. The van der Waals surface area contributed by atoms with E-state index in [1.807, 2.05) is 11.8 Å². The van der Waals surface area contributed by atoms with E-state index >= 15 is 0 Å². The molecule has 3 atom stereocenters. The lowest BCUT2D eigenvalue weighted by Crippen LogP contribution is -2.48. The fraction of sp³-hybridized carbons (Fsp3) is 0.923. The van der Waals surface area contributed by atoms with E-state index in [9.17, 15) is 4.79 Å². The quantitative estimate of drug-likeness (QED) is 0.805. The van der Waals surface area contributed by atoms with Gasteiger partial charge in [-0.2, -0.15) is 0 Å². The Morgan fingerprint density at radius 2 is 2.18 bits per heavy atom. The van der Waals surface area contributed by atoms with Gasteiger partial charge in [-0.3, -0.25) is 4.79 Å². The lowest BCUT2D eigenvalue weighted by atomic mass is 10.00. The first-order valence-electron chi connectivity index (χ1n) is 6.88. The fourth-order valence-corrected chi connectivity index (χ4v) is 3.04. The second-order valence-electron chi connectivity index (χ2n) is 5.21. The molecule has 0 radical (unpaired) electrons. The Labute approximate surface area is 103 Å². The van der Waals surface area contributed by atoms with Gasteiger partial charge in [0.2, 0.25) is 5.91 Å². The third kappa shape index (κ3) is 2.99. The molecule has 17 heavy (non-hydrogen) atoms. The smallest absolute Gasteiger partial charge is 0.227 e. The predicted octanol–water partition coefficient (Wildman–Crippen LogP) is 1.14. The van der Waals surface area contributed by atoms with Gasteiger partial charge in [0.05, 0.1) is 12.0 Å². The average Bonchev–Trinajstić information content (AvgIpc) is 2.75. The van der Waals surface area contributed by atoms with E-state index in [0.29, 0.717) is 0 Å². The Morgan fingerprint density at radius 1 is 1.35 bits per heavy atom. The molecule has 1 saturated heterocycles. The number of likely N-dealkylation sites (tertiary alicyclic amines) is 1. The molecule has 1 aliphatic heterocycles. The number of ether oxygens (including phenoxy) is 1. The minimum atomic E-state index is 0.0652. The Bertz CT molecular complexity index is 268. The van der Waals surface area contributed by atoms with Gasteiger partial charge in [-0.15, -0.1) is 0 Å². The first-order valence-corrected chi connectivity index (χ1v) is 6.88. The molecule has 2 aliphatic rings. The molecule has 4 nitrogen and oxygen atoms in total. The molecule has 2 rings (SSSR count). The summed E-state index contributed by atoms with van der Waals surface area (Å²) < 4.78 is 5.63. The topological polar surface area (TPSA) is 55.6 Å². The van der Waals surface area contributed by atoms with Crippen molar-refractivity contribution in [1.29, 1.82) is 0 Å². The molecule has 2 N–H and O–H groups in total. The van der Waals surface area contributed by atoms with Gasteiger partial charge in [0.15, 0.2) is 0 Å². The highest BCUT2D eigenvalue weighted by Gasteiger charge is 2.35. The second kappa shape index (κ2) is 5.83. The van der Waals surface area contributed by atoms with E-state index in [0.717, 1.165) is 51.8 Å². The Balaban J connectivity index is 1.90. The van der Waals surface area contributed by atoms with Crippen molar-refractivity contribution in [2.45, 2.75) is 51.2 Å². The second-order valence-corrected chi connectivity index (χ2v) is 5.21. The van der Waals surface area contributed by atoms with Gasteiger partial charge in [-0.1, -0.05) is 6.42 Å². The van der Waals surface area contributed by atoms with Crippen LogP contribution in [0.3, 0.4) is 0 Å². The standard InChI is InChI=1S/C13H24N2O2/c1-2-17-10-5-4-8-15(9-10)13(16)11-6-3-7-12(11)14/h10-12H,2-9,14H2,1H3/t10-,11-,12+/m1/s1. The number of hydrogen-bond donors (Lipinski definition) is 1. The van der Waals surface area contributed by atoms with Crippen LogP contribution in [-0.2, 0) is 9.53 Å². The Hall–Kier alpha value is -0.610. The first-order chi connectivity index (χ1) is 8.22. The summed E-state index contributed by atoms with van der Waals surface area (Å²) in [5.74, 6) is 0.328. The maximum absolute atomic E-state index is 12.4. The average molecular weight is 240 g/mol. The molecule has 0 aromatic carbocycles. The molecular formula is C13H24N2O2. The largest absolute Gasteiger partial charge is 0.377 e. The zero-order chi connectivity index (χ0) is 12.3. The number of amides is 1. The number of carbonyl (C=O) groups excluding carboxylic acids is 1. The zero-order valence-electron chi connectivity index (χ0n) is 10.7. The van der Waals surface area contributed by atoms with Gasteiger partial charge in [0, 0.05) is 25.7 Å². The minimum absolute atomic E-state index is 0.0652. The van der Waals surface area contributed by atoms with E-state index in [1.165, 1.54) is 0 Å². The number of piperidine rings is 1. The van der Waals surface area contributed by atoms with Gasteiger partial charge in [-0.05, 0) is 32.6 Å². The van der Waals surface area contributed by atoms with E-state index in [4.69, 9.17) is 10.5 Å². The third-order valence-corrected chi connectivity index (χ3v) is 3.98. The van der Waals surface area contributed by atoms with Crippen molar-refractivity contribution in [3.05, 3.63) is 0 Å². The van der Waals surface area contributed by atoms with Crippen molar-refractivity contribution in [3.63, 3.8) is 0 Å². The maximum Gasteiger partial charge on any atom is 0.227 e. The van der Waals surface area contributed by atoms with E-state index in [2.05, 4.69) is 0 Å². The highest BCUT2D eigenvalue weighted by Crippen LogP contribution is 2.27.